The maximum Gasteiger partial charge on any atom is 0.225 e. The number of nitrogens with zero attached hydrogens (tertiary/aromatic N) is 3. The largest absolute Gasteiger partial charge is 0.497 e. The molecule has 8 heteroatoms. The lowest BCUT2D eigenvalue weighted by Gasteiger charge is -2.28. The summed E-state index contributed by atoms with van der Waals surface area (Å²) in [5, 5.41) is 17.6. The summed E-state index contributed by atoms with van der Waals surface area (Å²) in [4.78, 5) is 12.9. The number of carbonyl (C=O) groups is 1. The number of hydrogen-bond acceptors (Lipinski definition) is 6. The molecule has 0 spiro atoms. The van der Waals surface area contributed by atoms with Gasteiger partial charge in [0.05, 0.1) is 19.6 Å². The number of amides is 1. The Morgan fingerprint density at radius 3 is 2.55 bits per heavy atom. The van der Waals surface area contributed by atoms with Gasteiger partial charge >= 0.3 is 0 Å². The molecular weight excluding hydrogens is 392 g/mol. The van der Waals surface area contributed by atoms with Crippen molar-refractivity contribution in [1.29, 1.82) is 0 Å². The lowest BCUT2D eigenvalue weighted by atomic mass is 9.83. The van der Waals surface area contributed by atoms with E-state index < -0.39 is 0 Å². The predicted molar refractivity (Wildman–Crippen MR) is 118 cm³/mol. The van der Waals surface area contributed by atoms with E-state index in [1.165, 1.54) is 6.42 Å². The number of benzene rings is 2. The summed E-state index contributed by atoms with van der Waals surface area (Å²) in [6.45, 7) is 0. The maximum atomic E-state index is 12.9. The van der Waals surface area contributed by atoms with Gasteiger partial charge in [-0.05, 0) is 53.6 Å². The molecule has 1 heterocycles. The van der Waals surface area contributed by atoms with Crippen molar-refractivity contribution in [1.82, 2.24) is 25.9 Å². The molecule has 0 saturated heterocycles. The number of nitrogen functional groups attached to an aromatic ring is 1. The Labute approximate surface area is 181 Å². The molecule has 2 aromatic carbocycles. The molecule has 1 aromatic heterocycles. The molecular formula is C23H28N6O2. The van der Waals surface area contributed by atoms with Gasteiger partial charge < -0.3 is 15.8 Å². The molecule has 162 valence electrons. The average molecular weight is 421 g/mol. The van der Waals surface area contributed by atoms with Crippen LogP contribution in [0.3, 0.4) is 0 Å². The van der Waals surface area contributed by atoms with Crippen LogP contribution in [0.25, 0.3) is 11.1 Å². The van der Waals surface area contributed by atoms with Crippen molar-refractivity contribution < 1.29 is 9.53 Å². The van der Waals surface area contributed by atoms with E-state index in [9.17, 15) is 4.79 Å². The lowest BCUT2D eigenvalue weighted by Crippen LogP contribution is -2.36. The van der Waals surface area contributed by atoms with Crippen molar-refractivity contribution >= 4 is 11.6 Å². The van der Waals surface area contributed by atoms with Gasteiger partial charge in [0.25, 0.3) is 0 Å². The molecule has 0 aliphatic heterocycles. The summed E-state index contributed by atoms with van der Waals surface area (Å²) in [6.07, 6.45) is 5.87. The van der Waals surface area contributed by atoms with E-state index in [1.54, 1.807) is 7.11 Å². The molecule has 4 rings (SSSR count). The molecule has 0 radical (unpaired) electrons. The van der Waals surface area contributed by atoms with E-state index in [0.29, 0.717) is 17.4 Å². The van der Waals surface area contributed by atoms with Crippen molar-refractivity contribution in [3.05, 3.63) is 53.9 Å². The topological polar surface area (TPSA) is 119 Å². The highest BCUT2D eigenvalue weighted by Gasteiger charge is 2.29. The van der Waals surface area contributed by atoms with Gasteiger partial charge in [0.15, 0.2) is 5.82 Å². The number of methoxy groups -OCH3 is 1. The van der Waals surface area contributed by atoms with Crippen LogP contribution in [0.4, 0.5) is 5.69 Å². The van der Waals surface area contributed by atoms with Crippen molar-refractivity contribution in [2.24, 2.45) is 5.92 Å². The smallest absolute Gasteiger partial charge is 0.225 e. The first-order valence-corrected chi connectivity index (χ1v) is 10.7. The fourth-order valence-corrected chi connectivity index (χ4v) is 4.28. The van der Waals surface area contributed by atoms with Gasteiger partial charge in [-0.15, -0.1) is 10.2 Å². The summed E-state index contributed by atoms with van der Waals surface area (Å²) in [5.74, 6) is 1.58. The van der Waals surface area contributed by atoms with Crippen molar-refractivity contribution in [2.45, 2.75) is 44.6 Å². The van der Waals surface area contributed by atoms with Crippen LogP contribution in [0.1, 0.15) is 49.5 Å². The molecule has 8 nitrogen and oxygen atoms in total. The number of carbonyl (C=O) groups excluding carboxylic acids is 1. The first-order chi connectivity index (χ1) is 15.1. The highest BCUT2D eigenvalue weighted by atomic mass is 16.5. The first kappa shape index (κ1) is 20.8. The Hall–Kier alpha value is -3.42. The minimum atomic E-state index is -0.230. The highest BCUT2D eigenvalue weighted by molar-refractivity contribution is 5.81. The number of nitrogens with two attached hydrogens (primary N) is 1. The van der Waals surface area contributed by atoms with Crippen molar-refractivity contribution in [3.8, 4) is 16.9 Å². The van der Waals surface area contributed by atoms with Crippen LogP contribution in [-0.4, -0.2) is 33.6 Å². The Morgan fingerprint density at radius 2 is 1.90 bits per heavy atom. The van der Waals surface area contributed by atoms with E-state index >= 15 is 0 Å². The number of aromatic amines is 1. The van der Waals surface area contributed by atoms with Gasteiger partial charge in [-0.25, -0.2) is 0 Å². The third-order valence-corrected chi connectivity index (χ3v) is 6.00. The number of H-pyrrole nitrogens is 1. The molecule has 1 saturated carbocycles. The van der Waals surface area contributed by atoms with Crippen LogP contribution in [-0.2, 0) is 11.2 Å². The Morgan fingerprint density at radius 1 is 1.16 bits per heavy atom. The average Bonchev–Trinajstić information content (AvgIpc) is 3.34. The Balaban J connectivity index is 1.45. The van der Waals surface area contributed by atoms with Crippen LogP contribution in [0.5, 0.6) is 5.75 Å². The third kappa shape index (κ3) is 5.02. The second-order valence-corrected chi connectivity index (χ2v) is 8.03. The molecule has 1 fully saturated rings. The molecule has 0 bridgehead atoms. The molecule has 4 N–H and O–H groups in total. The van der Waals surface area contributed by atoms with E-state index in [0.717, 1.165) is 48.1 Å². The zero-order valence-corrected chi connectivity index (χ0v) is 17.7. The van der Waals surface area contributed by atoms with Gasteiger partial charge in [-0.1, -0.05) is 48.7 Å². The van der Waals surface area contributed by atoms with Crippen molar-refractivity contribution in [3.63, 3.8) is 0 Å². The second kappa shape index (κ2) is 9.59. The van der Waals surface area contributed by atoms with Gasteiger partial charge in [0.2, 0.25) is 5.91 Å². The van der Waals surface area contributed by atoms with E-state index in [1.807, 2.05) is 42.5 Å². The summed E-state index contributed by atoms with van der Waals surface area (Å²) in [7, 11) is 1.64. The number of rotatable bonds is 7. The standard InChI is InChI=1S/C23H28N6O2/c1-31-19-11-9-15(10-12-19)17-7-8-18(20(24)13-17)14-21(30)25-22(23-26-28-29-27-23)16-5-3-2-4-6-16/h7-13,16,22H,2-6,14,24H2,1H3,(H,25,30)(H,26,27,28,29)/t22-/m0/s1. The molecule has 1 aliphatic carbocycles. The van der Waals surface area contributed by atoms with Gasteiger partial charge in [0.1, 0.15) is 5.75 Å². The van der Waals surface area contributed by atoms with E-state index in [2.05, 4.69) is 25.9 Å². The van der Waals surface area contributed by atoms with Crippen LogP contribution in [0.2, 0.25) is 0 Å². The number of tetrazole rings is 1. The molecule has 1 aliphatic rings. The quantitative estimate of drug-likeness (QED) is 0.504. The summed E-state index contributed by atoms with van der Waals surface area (Å²) >= 11 is 0. The van der Waals surface area contributed by atoms with Crippen LogP contribution >= 0.6 is 0 Å². The van der Waals surface area contributed by atoms with Gasteiger partial charge in [0, 0.05) is 5.69 Å². The second-order valence-electron chi connectivity index (χ2n) is 8.03. The Bertz CT molecular complexity index is 997. The fraction of sp³-hybridized carbons (Fsp3) is 0.391. The molecule has 1 atom stereocenters. The van der Waals surface area contributed by atoms with Crippen molar-refractivity contribution in [2.75, 3.05) is 12.8 Å². The van der Waals surface area contributed by atoms with Crippen LogP contribution in [0.15, 0.2) is 42.5 Å². The lowest BCUT2D eigenvalue weighted by molar-refractivity contribution is -0.121. The monoisotopic (exact) mass is 420 g/mol. The Kier molecular flexibility index (Phi) is 6.45. The van der Waals surface area contributed by atoms with Crippen LogP contribution in [0, 0.1) is 5.92 Å². The number of hydrogen-bond donors (Lipinski definition) is 3. The molecule has 1 amide bonds. The minimum absolute atomic E-state index is 0.0933. The SMILES string of the molecule is COc1ccc(-c2ccc(CC(=O)N[C@H](c3nn[nH]n3)C3CCCCC3)c(N)c2)cc1. The minimum Gasteiger partial charge on any atom is -0.497 e. The van der Waals surface area contributed by atoms with E-state index in [4.69, 9.17) is 10.5 Å². The number of aromatic nitrogens is 4. The van der Waals surface area contributed by atoms with Gasteiger partial charge in [-0.3, -0.25) is 4.79 Å². The highest BCUT2D eigenvalue weighted by Crippen LogP contribution is 2.33. The third-order valence-electron chi connectivity index (χ3n) is 6.00. The first-order valence-electron chi connectivity index (χ1n) is 10.7. The number of anilines is 1. The summed E-state index contributed by atoms with van der Waals surface area (Å²) < 4.78 is 5.21. The number of nitrogens with one attached hydrogen (secondary N) is 2. The van der Waals surface area contributed by atoms with E-state index in [-0.39, 0.29) is 18.4 Å². The summed E-state index contributed by atoms with van der Waals surface area (Å²) in [6, 6.07) is 13.4. The fourth-order valence-electron chi connectivity index (χ4n) is 4.28. The molecule has 31 heavy (non-hydrogen) atoms. The van der Waals surface area contributed by atoms with Crippen LogP contribution < -0.4 is 15.8 Å². The normalized spacial score (nSPS) is 15.4. The predicted octanol–water partition coefficient (Wildman–Crippen LogP) is 3.44. The maximum absolute atomic E-state index is 12.9. The number of ether oxygens (including phenoxy) is 1. The molecule has 3 aromatic rings. The zero-order valence-electron chi connectivity index (χ0n) is 17.7. The van der Waals surface area contributed by atoms with Gasteiger partial charge in [-0.2, -0.15) is 5.21 Å². The molecule has 0 unspecified atom stereocenters. The summed E-state index contributed by atoms with van der Waals surface area (Å²) in [5.41, 5.74) is 9.71. The zero-order chi connectivity index (χ0) is 21.6.